The third-order valence-corrected chi connectivity index (χ3v) is 2.91. The summed E-state index contributed by atoms with van der Waals surface area (Å²) in [5, 5.41) is -0.152. The Morgan fingerprint density at radius 2 is 2.08 bits per heavy atom. The normalized spacial score (nSPS) is 29.8. The second kappa shape index (κ2) is 4.72. The zero-order chi connectivity index (χ0) is 9.90. The Balaban J connectivity index is 2.63. The average Bonchev–Trinajstić information content (AvgIpc) is 2.05. The van der Waals surface area contributed by atoms with Crippen molar-refractivity contribution in [2.75, 3.05) is 6.61 Å². The van der Waals surface area contributed by atoms with Gasteiger partial charge in [-0.05, 0) is 19.3 Å². The average molecular weight is 246 g/mol. The van der Waals surface area contributed by atoms with Crippen LogP contribution >= 0.6 is 34.8 Å². The van der Waals surface area contributed by atoms with E-state index in [0.717, 1.165) is 19.3 Å². The summed E-state index contributed by atoms with van der Waals surface area (Å²) < 4.78 is 3.39. The lowest BCUT2D eigenvalue weighted by molar-refractivity contribution is -0.144. The van der Waals surface area contributed by atoms with E-state index in [4.69, 9.17) is 39.5 Å². The maximum Gasteiger partial charge on any atom is 0.342 e. The molecule has 0 amide bonds. The maximum atomic E-state index is 11.2. The van der Waals surface area contributed by atoms with Crippen LogP contribution in [-0.4, -0.2) is 22.3 Å². The summed E-state index contributed by atoms with van der Waals surface area (Å²) in [6.45, 7) is 0.379. The fourth-order valence-corrected chi connectivity index (χ4v) is 2.23. The molecule has 0 N–H and O–H groups in total. The zero-order valence-electron chi connectivity index (χ0n) is 7.06. The zero-order valence-corrected chi connectivity index (χ0v) is 9.33. The van der Waals surface area contributed by atoms with Gasteiger partial charge in [0.15, 0.2) is 0 Å². The lowest BCUT2D eigenvalue weighted by Gasteiger charge is -2.18. The van der Waals surface area contributed by atoms with Gasteiger partial charge in [-0.15, -0.1) is 11.6 Å². The molecule has 0 spiro atoms. The lowest BCUT2D eigenvalue weighted by atomic mass is 10.1. The summed E-state index contributed by atoms with van der Waals surface area (Å²) in [6, 6.07) is 0. The third kappa shape index (κ3) is 3.53. The molecule has 1 aliphatic rings. The molecular weight excluding hydrogens is 234 g/mol. The van der Waals surface area contributed by atoms with Gasteiger partial charge in [0.05, 0.1) is 6.61 Å². The smallest absolute Gasteiger partial charge is 0.342 e. The first-order chi connectivity index (χ1) is 6.02. The number of hydrogen-bond donors (Lipinski definition) is 0. The first-order valence-electron chi connectivity index (χ1n) is 4.21. The number of rotatable bonds is 0. The Hall–Kier alpha value is 0.340. The fourth-order valence-electron chi connectivity index (χ4n) is 1.20. The summed E-state index contributed by atoms with van der Waals surface area (Å²) in [6.07, 6.45) is 2.82. The molecule has 1 unspecified atom stereocenters. The number of ether oxygens (including phenoxy) is 1. The van der Waals surface area contributed by atoms with E-state index in [1.165, 1.54) is 0 Å². The van der Waals surface area contributed by atoms with Crippen LogP contribution in [0.15, 0.2) is 0 Å². The quantitative estimate of drug-likeness (QED) is 0.484. The number of esters is 1. The van der Waals surface area contributed by atoms with Gasteiger partial charge in [-0.1, -0.05) is 23.2 Å². The van der Waals surface area contributed by atoms with Crippen molar-refractivity contribution in [3.8, 4) is 0 Å². The van der Waals surface area contributed by atoms with Crippen LogP contribution in [0.4, 0.5) is 0 Å². The van der Waals surface area contributed by atoms with Gasteiger partial charge in [-0.25, -0.2) is 4.79 Å². The molecule has 5 heteroatoms. The highest BCUT2D eigenvalue weighted by Gasteiger charge is 2.38. The van der Waals surface area contributed by atoms with E-state index in [0.29, 0.717) is 6.61 Å². The molecule has 0 aromatic carbocycles. The molecule has 0 radical (unpaired) electrons. The van der Waals surface area contributed by atoms with Crippen molar-refractivity contribution in [3.05, 3.63) is 0 Å². The minimum atomic E-state index is -1.48. The highest BCUT2D eigenvalue weighted by molar-refractivity contribution is 6.57. The van der Waals surface area contributed by atoms with E-state index in [1.807, 2.05) is 0 Å². The minimum Gasteiger partial charge on any atom is -0.463 e. The van der Waals surface area contributed by atoms with Gasteiger partial charge in [-0.2, -0.15) is 0 Å². The Morgan fingerprint density at radius 3 is 2.77 bits per heavy atom. The first kappa shape index (κ1) is 11.4. The fraction of sp³-hybridized carbons (Fsp3) is 0.875. The highest BCUT2D eigenvalue weighted by Crippen LogP contribution is 2.33. The number of halogens is 3. The van der Waals surface area contributed by atoms with Gasteiger partial charge < -0.3 is 4.74 Å². The summed E-state index contributed by atoms with van der Waals surface area (Å²) >= 11 is 17.5. The Labute approximate surface area is 92.5 Å². The first-order valence-corrected chi connectivity index (χ1v) is 5.41. The van der Waals surface area contributed by atoms with E-state index in [2.05, 4.69) is 0 Å². The second-order valence-corrected chi connectivity index (χ2v) is 5.24. The summed E-state index contributed by atoms with van der Waals surface area (Å²) in [5.41, 5.74) is 0. The van der Waals surface area contributed by atoms with Crippen LogP contribution in [0, 0.1) is 0 Å². The SMILES string of the molecule is O=C1OCCCCC(Cl)CC1(Cl)Cl. The molecule has 1 saturated heterocycles. The van der Waals surface area contributed by atoms with Gasteiger partial charge in [0.25, 0.3) is 0 Å². The molecule has 1 heterocycles. The molecule has 1 rings (SSSR count). The monoisotopic (exact) mass is 244 g/mol. The predicted octanol–water partition coefficient (Wildman–Crippen LogP) is 2.88. The molecule has 13 heavy (non-hydrogen) atoms. The van der Waals surface area contributed by atoms with Gasteiger partial charge in [0.2, 0.25) is 4.33 Å². The largest absolute Gasteiger partial charge is 0.463 e. The van der Waals surface area contributed by atoms with Crippen LogP contribution in [-0.2, 0) is 9.53 Å². The van der Waals surface area contributed by atoms with Gasteiger partial charge in [0, 0.05) is 11.8 Å². The van der Waals surface area contributed by atoms with Crippen molar-refractivity contribution >= 4 is 40.8 Å². The maximum absolute atomic E-state index is 11.2. The molecule has 0 aromatic rings. The molecular formula is C8H11Cl3O2. The van der Waals surface area contributed by atoms with Crippen molar-refractivity contribution < 1.29 is 9.53 Å². The van der Waals surface area contributed by atoms with E-state index < -0.39 is 10.3 Å². The van der Waals surface area contributed by atoms with Crippen LogP contribution in [0.5, 0.6) is 0 Å². The standard InChI is InChI=1S/C8H11Cl3O2/c9-6-3-1-2-4-13-7(12)8(10,11)5-6/h6H,1-5H2. The molecule has 2 nitrogen and oxygen atoms in total. The van der Waals surface area contributed by atoms with Crippen LogP contribution in [0.2, 0.25) is 0 Å². The van der Waals surface area contributed by atoms with Crippen LogP contribution < -0.4 is 0 Å². The molecule has 1 aliphatic heterocycles. The predicted molar refractivity (Wildman–Crippen MR) is 53.5 cm³/mol. The van der Waals surface area contributed by atoms with Crippen LogP contribution in [0.25, 0.3) is 0 Å². The number of carbonyl (C=O) groups is 1. The van der Waals surface area contributed by atoms with Crippen LogP contribution in [0.1, 0.15) is 25.7 Å². The molecule has 0 saturated carbocycles. The van der Waals surface area contributed by atoms with Gasteiger partial charge in [0.1, 0.15) is 0 Å². The van der Waals surface area contributed by atoms with E-state index in [-0.39, 0.29) is 11.8 Å². The molecule has 0 aliphatic carbocycles. The highest BCUT2D eigenvalue weighted by atomic mass is 35.5. The lowest BCUT2D eigenvalue weighted by Crippen LogP contribution is -2.30. The summed E-state index contributed by atoms with van der Waals surface area (Å²) in [5.74, 6) is -0.580. The molecule has 1 fully saturated rings. The van der Waals surface area contributed by atoms with Gasteiger partial charge >= 0.3 is 5.97 Å². The minimum absolute atomic E-state index is 0.152. The topological polar surface area (TPSA) is 26.3 Å². The molecule has 76 valence electrons. The van der Waals surface area contributed by atoms with Crippen molar-refractivity contribution in [2.24, 2.45) is 0 Å². The number of cyclic esters (lactones) is 1. The Morgan fingerprint density at radius 1 is 1.38 bits per heavy atom. The number of hydrogen-bond acceptors (Lipinski definition) is 2. The van der Waals surface area contributed by atoms with E-state index >= 15 is 0 Å². The summed E-state index contributed by atoms with van der Waals surface area (Å²) in [7, 11) is 0. The van der Waals surface area contributed by atoms with Gasteiger partial charge in [-0.3, -0.25) is 0 Å². The van der Waals surface area contributed by atoms with Crippen molar-refractivity contribution in [3.63, 3.8) is 0 Å². The number of carbonyl (C=O) groups excluding carboxylic acids is 1. The molecule has 0 bridgehead atoms. The molecule has 1 atom stereocenters. The van der Waals surface area contributed by atoms with Crippen molar-refractivity contribution in [2.45, 2.75) is 35.4 Å². The summed E-state index contributed by atoms with van der Waals surface area (Å²) in [4.78, 5) is 11.2. The molecule has 0 aromatic heterocycles. The Kier molecular flexibility index (Phi) is 4.14. The third-order valence-electron chi connectivity index (χ3n) is 1.92. The van der Waals surface area contributed by atoms with Crippen LogP contribution in [0.3, 0.4) is 0 Å². The van der Waals surface area contributed by atoms with E-state index in [9.17, 15) is 4.79 Å². The Bertz CT molecular complexity index is 194. The second-order valence-electron chi connectivity index (χ2n) is 3.14. The van der Waals surface area contributed by atoms with Crippen molar-refractivity contribution in [1.82, 2.24) is 0 Å². The van der Waals surface area contributed by atoms with Crippen molar-refractivity contribution in [1.29, 1.82) is 0 Å². The number of alkyl halides is 3. The van der Waals surface area contributed by atoms with E-state index in [1.54, 1.807) is 0 Å².